The van der Waals surface area contributed by atoms with E-state index >= 15 is 0 Å². The molecule has 0 aromatic carbocycles. The molecular weight excluding hydrogens is 214 g/mol. The standard InChI is InChI=1S/C6H15P.C2H4O2.K.H2O/c1-4-7(5-2)6-3;1-2(3)4;;/h4-6H2,1-3H3;1H3,(H,3,4);;1H2/q;;+1;/p-1. The van der Waals surface area contributed by atoms with Crippen LogP contribution in [0.15, 0.2) is 0 Å². The fourth-order valence-corrected chi connectivity index (χ4v) is 2.01. The Morgan fingerprint density at radius 2 is 1.31 bits per heavy atom. The van der Waals surface area contributed by atoms with E-state index in [1.165, 1.54) is 18.5 Å². The molecule has 0 aliphatic heterocycles. The second-order valence-electron chi connectivity index (χ2n) is 2.11. The first-order chi connectivity index (χ1) is 5.08. The van der Waals surface area contributed by atoms with Gasteiger partial charge in [-0.25, -0.2) is 0 Å². The van der Waals surface area contributed by atoms with E-state index in [0.29, 0.717) is 7.92 Å². The SMILES string of the molecule is CC(=O)[O-].CCP(CC)CC.O.[K+]. The van der Waals surface area contributed by atoms with E-state index in [9.17, 15) is 0 Å². The van der Waals surface area contributed by atoms with Crippen LogP contribution in [-0.4, -0.2) is 29.9 Å². The Balaban J connectivity index is -0.0000000600. The van der Waals surface area contributed by atoms with Crippen LogP contribution in [0.3, 0.4) is 0 Å². The summed E-state index contributed by atoms with van der Waals surface area (Å²) < 4.78 is 0. The first-order valence-corrected chi connectivity index (χ1v) is 5.88. The minimum absolute atomic E-state index is 0. The maximum atomic E-state index is 8.89. The fourth-order valence-electron chi connectivity index (χ4n) is 0.671. The van der Waals surface area contributed by atoms with Crippen LogP contribution in [0.2, 0.25) is 0 Å². The van der Waals surface area contributed by atoms with Gasteiger partial charge in [-0.3, -0.25) is 0 Å². The summed E-state index contributed by atoms with van der Waals surface area (Å²) in [6.07, 6.45) is 4.26. The summed E-state index contributed by atoms with van der Waals surface area (Å²) in [5, 5.41) is 8.89. The molecule has 0 saturated carbocycles. The van der Waals surface area contributed by atoms with Gasteiger partial charge < -0.3 is 15.4 Å². The van der Waals surface area contributed by atoms with Crippen LogP contribution in [0.5, 0.6) is 0 Å². The average molecular weight is 234 g/mol. The molecule has 0 heterocycles. The Morgan fingerprint density at radius 3 is 1.31 bits per heavy atom. The number of hydrogen-bond donors (Lipinski definition) is 0. The van der Waals surface area contributed by atoms with Crippen molar-refractivity contribution < 1.29 is 66.8 Å². The molecule has 76 valence electrons. The number of rotatable bonds is 3. The van der Waals surface area contributed by atoms with Crippen LogP contribution in [0.1, 0.15) is 27.7 Å². The van der Waals surface area contributed by atoms with Gasteiger partial charge in [0.2, 0.25) is 0 Å². The summed E-state index contributed by atoms with van der Waals surface area (Å²) in [7, 11) is 0.446. The van der Waals surface area contributed by atoms with Crippen molar-refractivity contribution in [2.24, 2.45) is 0 Å². The summed E-state index contributed by atoms with van der Waals surface area (Å²) in [4.78, 5) is 8.89. The molecule has 0 radical (unpaired) electrons. The molecule has 0 unspecified atom stereocenters. The summed E-state index contributed by atoms with van der Waals surface area (Å²) in [6, 6.07) is 0. The van der Waals surface area contributed by atoms with Crippen LogP contribution < -0.4 is 56.5 Å². The van der Waals surface area contributed by atoms with Gasteiger partial charge in [-0.05, 0) is 25.4 Å². The van der Waals surface area contributed by atoms with Crippen LogP contribution >= 0.6 is 7.92 Å². The Bertz CT molecular complexity index is 87.9. The molecular formula is C8H20KO3P. The van der Waals surface area contributed by atoms with Crippen molar-refractivity contribution in [3.05, 3.63) is 0 Å². The van der Waals surface area contributed by atoms with Crippen molar-refractivity contribution in [2.75, 3.05) is 18.5 Å². The Hall–Kier alpha value is 1.50. The van der Waals surface area contributed by atoms with Gasteiger partial charge in [0.1, 0.15) is 0 Å². The third-order valence-electron chi connectivity index (χ3n) is 1.34. The third kappa shape index (κ3) is 31.7. The maximum Gasteiger partial charge on any atom is 1.00 e. The number of aliphatic carboxylic acids is 1. The predicted octanol–water partition coefficient (Wildman–Crippen LogP) is -2.54. The van der Waals surface area contributed by atoms with Crippen LogP contribution in [0.25, 0.3) is 0 Å². The molecule has 0 saturated heterocycles. The molecule has 5 heteroatoms. The van der Waals surface area contributed by atoms with Gasteiger partial charge in [0.15, 0.2) is 0 Å². The van der Waals surface area contributed by atoms with Gasteiger partial charge in [0.05, 0.1) is 0 Å². The molecule has 0 fully saturated rings. The summed E-state index contributed by atoms with van der Waals surface area (Å²) in [6.45, 7) is 7.84. The zero-order chi connectivity index (χ0) is 9.28. The van der Waals surface area contributed by atoms with E-state index < -0.39 is 5.97 Å². The summed E-state index contributed by atoms with van der Waals surface area (Å²) in [5.41, 5.74) is 0. The Morgan fingerprint density at radius 1 is 1.15 bits per heavy atom. The largest absolute Gasteiger partial charge is 1.00 e. The third-order valence-corrected chi connectivity index (χ3v) is 4.02. The monoisotopic (exact) mass is 234 g/mol. The molecule has 0 amide bonds. The molecule has 0 bridgehead atoms. The Kier molecular flexibility index (Phi) is 35.3. The molecule has 0 aromatic heterocycles. The van der Waals surface area contributed by atoms with E-state index in [0.717, 1.165) is 6.92 Å². The molecule has 0 aliphatic carbocycles. The van der Waals surface area contributed by atoms with E-state index in [1.807, 2.05) is 0 Å². The van der Waals surface area contributed by atoms with Crippen LogP contribution in [-0.2, 0) is 4.79 Å². The fraction of sp³-hybridized carbons (Fsp3) is 0.875. The van der Waals surface area contributed by atoms with Crippen molar-refractivity contribution in [1.29, 1.82) is 0 Å². The maximum absolute atomic E-state index is 8.89. The number of carbonyl (C=O) groups is 1. The summed E-state index contributed by atoms with van der Waals surface area (Å²) in [5.74, 6) is -1.08. The van der Waals surface area contributed by atoms with E-state index in [1.54, 1.807) is 0 Å². The normalized spacial score (nSPS) is 7.46. The zero-order valence-electron chi connectivity index (χ0n) is 9.39. The smallest absolute Gasteiger partial charge is 0.550 e. The number of hydrogen-bond acceptors (Lipinski definition) is 2. The van der Waals surface area contributed by atoms with Gasteiger partial charge in [-0.2, -0.15) is 0 Å². The van der Waals surface area contributed by atoms with E-state index in [2.05, 4.69) is 20.8 Å². The van der Waals surface area contributed by atoms with Gasteiger partial charge in [-0.15, -0.1) is 7.92 Å². The van der Waals surface area contributed by atoms with Gasteiger partial charge in [0.25, 0.3) is 0 Å². The van der Waals surface area contributed by atoms with Crippen LogP contribution in [0, 0.1) is 0 Å². The van der Waals surface area contributed by atoms with Crippen molar-refractivity contribution in [3.8, 4) is 0 Å². The van der Waals surface area contributed by atoms with Gasteiger partial charge in [-0.1, -0.05) is 20.8 Å². The predicted molar refractivity (Wildman–Crippen MR) is 52.8 cm³/mol. The molecule has 0 aromatic rings. The first-order valence-electron chi connectivity index (χ1n) is 3.98. The molecule has 0 spiro atoms. The topological polar surface area (TPSA) is 71.6 Å². The molecule has 0 aliphatic rings. The van der Waals surface area contributed by atoms with Crippen molar-refractivity contribution in [1.82, 2.24) is 0 Å². The average Bonchev–Trinajstić information content (AvgIpc) is 1.90. The second kappa shape index (κ2) is 19.1. The molecule has 2 N–H and O–H groups in total. The number of carboxylic acid groups (broad SMARTS) is 1. The number of carbonyl (C=O) groups excluding carboxylic acids is 1. The van der Waals surface area contributed by atoms with Gasteiger partial charge >= 0.3 is 51.4 Å². The van der Waals surface area contributed by atoms with Crippen molar-refractivity contribution >= 4 is 13.9 Å². The minimum Gasteiger partial charge on any atom is -0.550 e. The van der Waals surface area contributed by atoms with E-state index in [4.69, 9.17) is 9.90 Å². The van der Waals surface area contributed by atoms with Crippen LogP contribution in [0.4, 0.5) is 0 Å². The quantitative estimate of drug-likeness (QED) is 0.399. The zero-order valence-corrected chi connectivity index (χ0v) is 13.4. The molecule has 3 nitrogen and oxygen atoms in total. The second-order valence-corrected chi connectivity index (χ2v) is 5.35. The van der Waals surface area contributed by atoms with Crippen molar-refractivity contribution in [3.63, 3.8) is 0 Å². The van der Waals surface area contributed by atoms with Crippen molar-refractivity contribution in [2.45, 2.75) is 27.7 Å². The first kappa shape index (κ1) is 24.0. The molecule has 13 heavy (non-hydrogen) atoms. The summed E-state index contributed by atoms with van der Waals surface area (Å²) >= 11 is 0. The molecule has 0 atom stereocenters. The number of carboxylic acids is 1. The minimum atomic E-state index is -1.08. The van der Waals surface area contributed by atoms with E-state index in [-0.39, 0.29) is 56.9 Å². The Labute approximate surface area is 125 Å². The van der Waals surface area contributed by atoms with Gasteiger partial charge in [0, 0.05) is 5.97 Å². The molecule has 0 rings (SSSR count).